The Bertz CT molecular complexity index is 511. The smallest absolute Gasteiger partial charge is 0.0473 e. The molecule has 0 aliphatic carbocycles. The molecule has 2 nitrogen and oxygen atoms in total. The second-order valence-corrected chi connectivity index (χ2v) is 4.54. The lowest BCUT2D eigenvalue weighted by Gasteiger charge is -2.10. The summed E-state index contributed by atoms with van der Waals surface area (Å²) in [7, 11) is 0. The molecule has 0 fully saturated rings. The highest BCUT2D eigenvalue weighted by Gasteiger charge is 2.01. The molecule has 0 aliphatic heterocycles. The van der Waals surface area contributed by atoms with Crippen LogP contribution in [0.4, 0.5) is 0 Å². The third-order valence-corrected chi connectivity index (χ3v) is 2.95. The number of aryl methyl sites for hydroxylation is 1. The lowest BCUT2D eigenvalue weighted by atomic mass is 10.1. The molecule has 0 unspecified atom stereocenters. The molecule has 0 aliphatic rings. The van der Waals surface area contributed by atoms with Crippen molar-refractivity contribution in [2.24, 2.45) is 0 Å². The Labute approximate surface area is 109 Å². The van der Waals surface area contributed by atoms with Crippen LogP contribution in [0.5, 0.6) is 0 Å². The Balaban J connectivity index is 2.05. The zero-order chi connectivity index (χ0) is 12.8. The van der Waals surface area contributed by atoms with Gasteiger partial charge in [-0.25, -0.2) is 0 Å². The zero-order valence-electron chi connectivity index (χ0n) is 10.9. The van der Waals surface area contributed by atoms with Crippen LogP contribution in [-0.4, -0.2) is 11.1 Å². The van der Waals surface area contributed by atoms with Crippen molar-refractivity contribution in [3.05, 3.63) is 72.1 Å². The van der Waals surface area contributed by atoms with Crippen LogP contribution in [0.3, 0.4) is 0 Å². The second-order valence-electron chi connectivity index (χ2n) is 4.54. The van der Waals surface area contributed by atoms with E-state index in [9.17, 15) is 0 Å². The summed E-state index contributed by atoms with van der Waals surface area (Å²) in [5.41, 5.74) is 3.96. The van der Waals surface area contributed by atoms with E-state index in [1.165, 1.54) is 16.8 Å². The van der Waals surface area contributed by atoms with E-state index >= 15 is 0 Å². The first-order chi connectivity index (χ1) is 8.79. The largest absolute Gasteiger partial charge is 0.346 e. The van der Waals surface area contributed by atoms with Gasteiger partial charge in [0.1, 0.15) is 0 Å². The molecule has 0 radical (unpaired) electrons. The maximum absolute atomic E-state index is 3.71. The van der Waals surface area contributed by atoms with Crippen molar-refractivity contribution >= 4 is 0 Å². The van der Waals surface area contributed by atoms with Gasteiger partial charge in [0.05, 0.1) is 0 Å². The highest BCUT2D eigenvalue weighted by atomic mass is 15.0. The fourth-order valence-corrected chi connectivity index (χ4v) is 2.07. The van der Waals surface area contributed by atoms with Gasteiger partial charge >= 0.3 is 0 Å². The van der Waals surface area contributed by atoms with Crippen molar-refractivity contribution in [3.63, 3.8) is 0 Å². The Morgan fingerprint density at radius 2 is 2.17 bits per heavy atom. The first-order valence-electron chi connectivity index (χ1n) is 6.31. The average Bonchev–Trinajstić information content (AvgIpc) is 2.77. The monoisotopic (exact) mass is 240 g/mol. The third kappa shape index (κ3) is 3.34. The number of aromatic nitrogens is 1. The molecule has 1 heterocycles. The molecule has 2 rings (SSSR count). The van der Waals surface area contributed by atoms with Crippen molar-refractivity contribution in [1.29, 1.82) is 0 Å². The minimum atomic E-state index is 0.843. The summed E-state index contributed by atoms with van der Waals surface area (Å²) in [6.45, 7) is 8.49. The standard InChI is InChI=1S/C16H20N2/c1-3-9-17-12-16-8-5-10-18(16)13-15-7-4-6-14(2)11-15/h3-8,10-11,17H,1,9,12-13H2,2H3. The molecule has 0 bridgehead atoms. The van der Waals surface area contributed by atoms with Gasteiger partial charge in [-0.15, -0.1) is 6.58 Å². The Hall–Kier alpha value is -1.80. The van der Waals surface area contributed by atoms with Gasteiger partial charge in [0.2, 0.25) is 0 Å². The minimum Gasteiger partial charge on any atom is -0.346 e. The summed E-state index contributed by atoms with van der Waals surface area (Å²) in [6, 6.07) is 12.9. The molecule has 0 saturated carbocycles. The first kappa shape index (κ1) is 12.7. The van der Waals surface area contributed by atoms with Gasteiger partial charge in [0.25, 0.3) is 0 Å². The maximum atomic E-state index is 3.71. The van der Waals surface area contributed by atoms with E-state index in [4.69, 9.17) is 0 Å². The predicted octanol–water partition coefficient (Wildman–Crippen LogP) is 3.12. The van der Waals surface area contributed by atoms with Crippen molar-refractivity contribution in [2.45, 2.75) is 20.0 Å². The van der Waals surface area contributed by atoms with Crippen LogP contribution in [-0.2, 0) is 13.1 Å². The van der Waals surface area contributed by atoms with Crippen molar-refractivity contribution in [1.82, 2.24) is 9.88 Å². The molecule has 1 aromatic heterocycles. The van der Waals surface area contributed by atoms with Gasteiger partial charge in [0, 0.05) is 31.5 Å². The van der Waals surface area contributed by atoms with E-state index in [1.807, 2.05) is 6.08 Å². The van der Waals surface area contributed by atoms with Gasteiger partial charge in [-0.3, -0.25) is 0 Å². The maximum Gasteiger partial charge on any atom is 0.0473 e. The first-order valence-corrected chi connectivity index (χ1v) is 6.31. The lowest BCUT2D eigenvalue weighted by molar-refractivity contribution is 0.672. The number of nitrogens with zero attached hydrogens (tertiary/aromatic N) is 1. The Morgan fingerprint density at radius 1 is 1.28 bits per heavy atom. The van der Waals surface area contributed by atoms with Crippen LogP contribution in [0.1, 0.15) is 16.8 Å². The summed E-state index contributed by atoms with van der Waals surface area (Å²) in [6.07, 6.45) is 4.01. The molecule has 1 N–H and O–H groups in total. The van der Waals surface area contributed by atoms with E-state index in [0.717, 1.165) is 19.6 Å². The summed E-state index contributed by atoms with van der Waals surface area (Å²) >= 11 is 0. The van der Waals surface area contributed by atoms with Gasteiger partial charge in [-0.2, -0.15) is 0 Å². The molecule has 2 aromatic rings. The highest BCUT2D eigenvalue weighted by Crippen LogP contribution is 2.09. The molecule has 2 heteroatoms. The third-order valence-electron chi connectivity index (χ3n) is 2.95. The summed E-state index contributed by atoms with van der Waals surface area (Å²) in [5, 5.41) is 3.34. The Morgan fingerprint density at radius 3 is 2.94 bits per heavy atom. The summed E-state index contributed by atoms with van der Waals surface area (Å²) in [5.74, 6) is 0. The highest BCUT2D eigenvalue weighted by molar-refractivity contribution is 5.23. The van der Waals surface area contributed by atoms with Gasteiger partial charge in [0.15, 0.2) is 0 Å². The normalized spacial score (nSPS) is 10.5. The van der Waals surface area contributed by atoms with Crippen molar-refractivity contribution < 1.29 is 0 Å². The topological polar surface area (TPSA) is 17.0 Å². The van der Waals surface area contributed by atoms with Crippen LogP contribution in [0, 0.1) is 6.92 Å². The molecule has 1 aromatic carbocycles. The molecule has 0 atom stereocenters. The molecular weight excluding hydrogens is 220 g/mol. The van der Waals surface area contributed by atoms with Crippen LogP contribution in [0.2, 0.25) is 0 Å². The summed E-state index contributed by atoms with van der Waals surface area (Å²) in [4.78, 5) is 0. The van der Waals surface area contributed by atoms with Crippen LogP contribution >= 0.6 is 0 Å². The van der Waals surface area contributed by atoms with E-state index < -0.39 is 0 Å². The van der Waals surface area contributed by atoms with Crippen LogP contribution in [0.15, 0.2) is 55.3 Å². The molecule has 0 spiro atoms. The number of hydrogen-bond acceptors (Lipinski definition) is 1. The number of hydrogen-bond donors (Lipinski definition) is 1. The fraction of sp³-hybridized carbons (Fsp3) is 0.250. The molecule has 0 amide bonds. The molecule has 94 valence electrons. The second kappa shape index (κ2) is 6.22. The van der Waals surface area contributed by atoms with Crippen LogP contribution in [0.25, 0.3) is 0 Å². The fourth-order valence-electron chi connectivity index (χ4n) is 2.07. The van der Waals surface area contributed by atoms with Gasteiger partial charge in [-0.05, 0) is 24.6 Å². The minimum absolute atomic E-state index is 0.843. The quantitative estimate of drug-likeness (QED) is 0.606. The van der Waals surface area contributed by atoms with Crippen molar-refractivity contribution in [2.75, 3.05) is 6.54 Å². The van der Waals surface area contributed by atoms with E-state index in [2.05, 4.69) is 66.0 Å². The summed E-state index contributed by atoms with van der Waals surface area (Å²) < 4.78 is 2.28. The van der Waals surface area contributed by atoms with Gasteiger partial charge in [-0.1, -0.05) is 35.9 Å². The van der Waals surface area contributed by atoms with Crippen LogP contribution < -0.4 is 5.32 Å². The molecule has 0 saturated heterocycles. The van der Waals surface area contributed by atoms with E-state index in [-0.39, 0.29) is 0 Å². The van der Waals surface area contributed by atoms with Gasteiger partial charge < -0.3 is 9.88 Å². The van der Waals surface area contributed by atoms with Crippen molar-refractivity contribution in [3.8, 4) is 0 Å². The number of rotatable bonds is 6. The predicted molar refractivity (Wildman–Crippen MR) is 76.6 cm³/mol. The number of nitrogens with one attached hydrogen (secondary N) is 1. The Kier molecular flexibility index (Phi) is 4.37. The number of benzene rings is 1. The van der Waals surface area contributed by atoms with E-state index in [1.54, 1.807) is 0 Å². The zero-order valence-corrected chi connectivity index (χ0v) is 10.9. The molecular formula is C16H20N2. The SMILES string of the molecule is C=CCNCc1cccn1Cc1cccc(C)c1. The van der Waals surface area contributed by atoms with E-state index in [0.29, 0.717) is 0 Å². The lowest BCUT2D eigenvalue weighted by Crippen LogP contribution is -2.16. The average molecular weight is 240 g/mol. The molecule has 18 heavy (non-hydrogen) atoms.